The standard InChI is InChI=1S/C12H11F4N3O/c1-11(2,17)10-18-9(20-19-10)6-3-4-8(13)7(5-6)12(14,15)16/h3-5H,17H2,1-2H3. The van der Waals surface area contributed by atoms with Gasteiger partial charge < -0.3 is 10.3 Å². The van der Waals surface area contributed by atoms with E-state index in [4.69, 9.17) is 10.3 Å². The summed E-state index contributed by atoms with van der Waals surface area (Å²) in [5, 5.41) is 3.59. The summed E-state index contributed by atoms with van der Waals surface area (Å²) in [6.45, 7) is 3.24. The quantitative estimate of drug-likeness (QED) is 0.863. The van der Waals surface area contributed by atoms with Crippen LogP contribution in [0.4, 0.5) is 17.6 Å². The van der Waals surface area contributed by atoms with Crippen LogP contribution in [0.25, 0.3) is 11.5 Å². The van der Waals surface area contributed by atoms with Crippen LogP contribution in [0.2, 0.25) is 0 Å². The highest BCUT2D eigenvalue weighted by molar-refractivity contribution is 5.54. The lowest BCUT2D eigenvalue weighted by molar-refractivity contribution is -0.139. The molecule has 0 amide bonds. The third-order valence-electron chi connectivity index (χ3n) is 2.52. The summed E-state index contributed by atoms with van der Waals surface area (Å²) in [4.78, 5) is 3.91. The molecule has 0 radical (unpaired) electrons. The van der Waals surface area contributed by atoms with Crippen LogP contribution in [0.3, 0.4) is 0 Å². The lowest BCUT2D eigenvalue weighted by Gasteiger charge is -2.11. The summed E-state index contributed by atoms with van der Waals surface area (Å²) in [5.41, 5.74) is 3.44. The Hall–Kier alpha value is -1.96. The summed E-state index contributed by atoms with van der Waals surface area (Å²) in [6.07, 6.45) is -4.80. The van der Waals surface area contributed by atoms with Gasteiger partial charge in [0.25, 0.3) is 5.89 Å². The van der Waals surface area contributed by atoms with Crippen molar-refractivity contribution in [2.24, 2.45) is 5.73 Å². The van der Waals surface area contributed by atoms with E-state index in [0.29, 0.717) is 12.1 Å². The van der Waals surface area contributed by atoms with E-state index in [2.05, 4.69) is 10.1 Å². The van der Waals surface area contributed by atoms with E-state index in [9.17, 15) is 17.6 Å². The largest absolute Gasteiger partial charge is 0.419 e. The van der Waals surface area contributed by atoms with Crippen molar-refractivity contribution < 1.29 is 22.1 Å². The van der Waals surface area contributed by atoms with E-state index in [1.54, 1.807) is 13.8 Å². The summed E-state index contributed by atoms with van der Waals surface area (Å²) < 4.78 is 55.9. The van der Waals surface area contributed by atoms with E-state index < -0.39 is 23.1 Å². The Balaban J connectivity index is 2.47. The predicted octanol–water partition coefficient (Wildman–Crippen LogP) is 3.09. The monoisotopic (exact) mass is 289 g/mol. The molecule has 0 aliphatic carbocycles. The number of rotatable bonds is 2. The van der Waals surface area contributed by atoms with E-state index in [1.807, 2.05) is 0 Å². The maximum atomic E-state index is 13.2. The van der Waals surface area contributed by atoms with Crippen LogP contribution in [0, 0.1) is 5.82 Å². The molecule has 0 fully saturated rings. The fourth-order valence-electron chi connectivity index (χ4n) is 1.48. The minimum absolute atomic E-state index is 0.0262. The molecule has 0 unspecified atom stereocenters. The maximum absolute atomic E-state index is 13.2. The number of nitrogens with two attached hydrogens (primary N) is 1. The first kappa shape index (κ1) is 14.4. The van der Waals surface area contributed by atoms with Crippen LogP contribution in [0.1, 0.15) is 25.2 Å². The molecule has 0 bridgehead atoms. The van der Waals surface area contributed by atoms with Gasteiger partial charge in [-0.2, -0.15) is 18.2 Å². The molecule has 0 atom stereocenters. The van der Waals surface area contributed by atoms with Crippen LogP contribution in [-0.4, -0.2) is 10.1 Å². The molecule has 0 aliphatic rings. The van der Waals surface area contributed by atoms with E-state index >= 15 is 0 Å². The van der Waals surface area contributed by atoms with Crippen LogP contribution in [0.5, 0.6) is 0 Å². The van der Waals surface area contributed by atoms with Gasteiger partial charge in [-0.3, -0.25) is 0 Å². The number of nitrogens with zero attached hydrogens (tertiary/aromatic N) is 2. The second kappa shape index (κ2) is 4.55. The lowest BCUT2D eigenvalue weighted by atomic mass is 10.1. The van der Waals surface area contributed by atoms with Gasteiger partial charge >= 0.3 is 6.18 Å². The zero-order valence-electron chi connectivity index (χ0n) is 10.6. The molecule has 1 aromatic carbocycles. The highest BCUT2D eigenvalue weighted by Gasteiger charge is 2.34. The molecule has 2 aromatic rings. The van der Waals surface area contributed by atoms with Crippen molar-refractivity contribution in [3.05, 3.63) is 35.4 Å². The van der Waals surface area contributed by atoms with Crippen molar-refractivity contribution in [1.29, 1.82) is 0 Å². The van der Waals surface area contributed by atoms with E-state index in [0.717, 1.165) is 6.07 Å². The van der Waals surface area contributed by atoms with Gasteiger partial charge in [0.1, 0.15) is 5.82 Å². The highest BCUT2D eigenvalue weighted by atomic mass is 19.4. The Morgan fingerprint density at radius 3 is 2.35 bits per heavy atom. The molecular formula is C12H11F4N3O. The maximum Gasteiger partial charge on any atom is 0.419 e. The summed E-state index contributed by atoms with van der Waals surface area (Å²) in [5.74, 6) is -1.37. The Morgan fingerprint density at radius 2 is 1.85 bits per heavy atom. The predicted molar refractivity (Wildman–Crippen MR) is 61.9 cm³/mol. The molecule has 0 saturated heterocycles. The molecule has 0 saturated carbocycles. The highest BCUT2D eigenvalue weighted by Crippen LogP contribution is 2.34. The van der Waals surface area contributed by atoms with Crippen LogP contribution in [-0.2, 0) is 11.7 Å². The van der Waals surface area contributed by atoms with Crippen molar-refractivity contribution in [2.75, 3.05) is 0 Å². The van der Waals surface area contributed by atoms with Crippen molar-refractivity contribution in [1.82, 2.24) is 10.1 Å². The molecule has 0 aliphatic heterocycles. The summed E-state index contributed by atoms with van der Waals surface area (Å²) in [6, 6.07) is 2.46. The summed E-state index contributed by atoms with van der Waals surface area (Å²) in [7, 11) is 0. The fourth-order valence-corrected chi connectivity index (χ4v) is 1.48. The minimum atomic E-state index is -4.80. The molecule has 0 spiro atoms. The average molecular weight is 289 g/mol. The number of benzene rings is 1. The Bertz CT molecular complexity index is 628. The number of halogens is 4. The normalized spacial score (nSPS) is 12.8. The van der Waals surface area contributed by atoms with Gasteiger partial charge in [-0.25, -0.2) is 4.39 Å². The van der Waals surface area contributed by atoms with Gasteiger partial charge in [-0.05, 0) is 32.0 Å². The van der Waals surface area contributed by atoms with Crippen molar-refractivity contribution in [3.63, 3.8) is 0 Å². The van der Waals surface area contributed by atoms with Gasteiger partial charge in [0.15, 0.2) is 5.82 Å². The van der Waals surface area contributed by atoms with E-state index in [-0.39, 0.29) is 17.3 Å². The van der Waals surface area contributed by atoms with Gasteiger partial charge in [-0.15, -0.1) is 0 Å². The van der Waals surface area contributed by atoms with E-state index in [1.165, 1.54) is 0 Å². The third-order valence-corrected chi connectivity index (χ3v) is 2.52. The number of alkyl halides is 3. The molecule has 4 nitrogen and oxygen atoms in total. The first-order valence-electron chi connectivity index (χ1n) is 5.59. The second-order valence-electron chi connectivity index (χ2n) is 4.84. The minimum Gasteiger partial charge on any atom is -0.334 e. The SMILES string of the molecule is CC(C)(N)c1noc(-c2ccc(F)c(C(F)(F)F)c2)n1. The second-order valence-corrected chi connectivity index (χ2v) is 4.84. The van der Waals surface area contributed by atoms with Crippen molar-refractivity contribution >= 4 is 0 Å². The third kappa shape index (κ3) is 2.79. The lowest BCUT2D eigenvalue weighted by Crippen LogP contribution is -2.30. The van der Waals surface area contributed by atoms with Crippen molar-refractivity contribution in [2.45, 2.75) is 25.6 Å². The van der Waals surface area contributed by atoms with Crippen LogP contribution < -0.4 is 5.73 Å². The van der Waals surface area contributed by atoms with Gasteiger partial charge in [0.2, 0.25) is 0 Å². The molecular weight excluding hydrogens is 278 g/mol. The molecule has 1 aromatic heterocycles. The van der Waals surface area contributed by atoms with Gasteiger partial charge in [0.05, 0.1) is 11.1 Å². The topological polar surface area (TPSA) is 64.9 Å². The molecule has 108 valence electrons. The molecule has 1 heterocycles. The summed E-state index contributed by atoms with van der Waals surface area (Å²) >= 11 is 0. The zero-order valence-corrected chi connectivity index (χ0v) is 10.6. The van der Waals surface area contributed by atoms with Crippen LogP contribution >= 0.6 is 0 Å². The van der Waals surface area contributed by atoms with Gasteiger partial charge in [-0.1, -0.05) is 5.16 Å². The molecule has 2 N–H and O–H groups in total. The van der Waals surface area contributed by atoms with Gasteiger partial charge in [0, 0.05) is 5.56 Å². The molecule has 20 heavy (non-hydrogen) atoms. The Labute approximate surface area is 111 Å². The smallest absolute Gasteiger partial charge is 0.334 e. The average Bonchev–Trinajstić information content (AvgIpc) is 2.77. The molecule has 8 heteroatoms. The molecule has 2 rings (SSSR count). The van der Waals surface area contributed by atoms with Crippen LogP contribution in [0.15, 0.2) is 22.7 Å². The first-order chi connectivity index (χ1) is 9.09. The number of aromatic nitrogens is 2. The fraction of sp³-hybridized carbons (Fsp3) is 0.333. The van der Waals surface area contributed by atoms with Crippen molar-refractivity contribution in [3.8, 4) is 11.5 Å². The Kier molecular flexibility index (Phi) is 3.29. The number of hydrogen-bond donors (Lipinski definition) is 1. The number of hydrogen-bond acceptors (Lipinski definition) is 4. The zero-order chi connectivity index (χ0) is 15.1. The Morgan fingerprint density at radius 1 is 1.20 bits per heavy atom. The first-order valence-corrected chi connectivity index (χ1v) is 5.59.